The Kier molecular flexibility index (Phi) is 5.54. The Hall–Kier alpha value is 0. The summed E-state index contributed by atoms with van der Waals surface area (Å²) in [4.78, 5) is 0. The second kappa shape index (κ2) is 6.25. The molecule has 0 N–H and O–H groups in total. The number of hydrogen-bond acceptors (Lipinski definition) is 0. The van der Waals surface area contributed by atoms with E-state index in [1.165, 1.54) is 19.3 Å². The molecule has 7 atom stereocenters. The minimum Gasteiger partial charge on any atom is -0.0651 e. The highest BCUT2D eigenvalue weighted by Gasteiger charge is 2.34. The third-order valence-electron chi connectivity index (χ3n) is 6.48. The summed E-state index contributed by atoms with van der Waals surface area (Å²) in [5.41, 5.74) is 0. The molecule has 0 aromatic rings. The lowest BCUT2D eigenvalue weighted by Gasteiger charge is -2.35. The molecular formula is C17H34. The van der Waals surface area contributed by atoms with Crippen molar-refractivity contribution >= 4 is 0 Å². The first-order chi connectivity index (χ1) is 7.90. The monoisotopic (exact) mass is 238 g/mol. The van der Waals surface area contributed by atoms with E-state index in [4.69, 9.17) is 0 Å². The van der Waals surface area contributed by atoms with Gasteiger partial charge in [0.2, 0.25) is 0 Å². The lowest BCUT2D eigenvalue weighted by Crippen LogP contribution is -2.29. The van der Waals surface area contributed by atoms with E-state index >= 15 is 0 Å². The van der Waals surface area contributed by atoms with Gasteiger partial charge in [0.15, 0.2) is 0 Å². The molecule has 1 saturated carbocycles. The average Bonchev–Trinajstić information content (AvgIpc) is 2.35. The maximum atomic E-state index is 2.50. The molecule has 1 rings (SSSR count). The molecule has 0 nitrogen and oxygen atoms in total. The van der Waals surface area contributed by atoms with Crippen molar-refractivity contribution in [3.63, 3.8) is 0 Å². The fourth-order valence-electron chi connectivity index (χ4n) is 3.96. The van der Waals surface area contributed by atoms with Crippen molar-refractivity contribution in [1.29, 1.82) is 0 Å². The van der Waals surface area contributed by atoms with Gasteiger partial charge in [0.1, 0.15) is 0 Å². The lowest BCUT2D eigenvalue weighted by atomic mass is 9.70. The summed E-state index contributed by atoms with van der Waals surface area (Å²) in [6, 6.07) is 0. The zero-order chi connectivity index (χ0) is 13.2. The van der Waals surface area contributed by atoms with Crippen LogP contribution in [0.15, 0.2) is 0 Å². The van der Waals surface area contributed by atoms with Gasteiger partial charge in [-0.2, -0.15) is 0 Å². The first kappa shape index (κ1) is 15.1. The second-order valence-electron chi connectivity index (χ2n) is 7.02. The van der Waals surface area contributed by atoms with Gasteiger partial charge in [-0.15, -0.1) is 0 Å². The maximum absolute atomic E-state index is 2.50. The molecule has 0 aromatic heterocycles. The van der Waals surface area contributed by atoms with Crippen molar-refractivity contribution in [2.45, 2.75) is 67.7 Å². The first-order valence-electron chi connectivity index (χ1n) is 7.90. The van der Waals surface area contributed by atoms with Gasteiger partial charge >= 0.3 is 0 Å². The molecule has 0 heteroatoms. The van der Waals surface area contributed by atoms with E-state index < -0.39 is 0 Å². The fourth-order valence-corrected chi connectivity index (χ4v) is 3.96. The van der Waals surface area contributed by atoms with Crippen LogP contribution in [0.25, 0.3) is 0 Å². The van der Waals surface area contributed by atoms with E-state index in [0.29, 0.717) is 0 Å². The summed E-state index contributed by atoms with van der Waals surface area (Å²) in [7, 11) is 0. The van der Waals surface area contributed by atoms with E-state index in [9.17, 15) is 0 Å². The van der Waals surface area contributed by atoms with Crippen molar-refractivity contribution in [2.75, 3.05) is 0 Å². The Morgan fingerprint density at radius 3 is 1.65 bits per heavy atom. The quantitative estimate of drug-likeness (QED) is 0.556. The van der Waals surface area contributed by atoms with Crippen LogP contribution in [0.1, 0.15) is 67.7 Å². The van der Waals surface area contributed by atoms with E-state index in [2.05, 4.69) is 48.5 Å². The van der Waals surface area contributed by atoms with Gasteiger partial charge in [0, 0.05) is 0 Å². The largest absolute Gasteiger partial charge is 0.0651 e. The SMILES string of the molecule is CC[C@H]1CCC(C)C(C)C(C)C(C)C(C)C1C. The molecule has 0 spiro atoms. The second-order valence-corrected chi connectivity index (χ2v) is 7.02. The summed E-state index contributed by atoms with van der Waals surface area (Å²) in [6.45, 7) is 17.3. The predicted molar refractivity (Wildman–Crippen MR) is 78.0 cm³/mol. The van der Waals surface area contributed by atoms with Crippen LogP contribution in [-0.4, -0.2) is 0 Å². The third-order valence-corrected chi connectivity index (χ3v) is 6.48. The van der Waals surface area contributed by atoms with Crippen LogP contribution in [0.4, 0.5) is 0 Å². The molecule has 0 bridgehead atoms. The normalized spacial score (nSPS) is 49.2. The Labute approximate surface area is 110 Å². The van der Waals surface area contributed by atoms with Crippen LogP contribution in [0, 0.1) is 41.4 Å². The third kappa shape index (κ3) is 3.26. The van der Waals surface area contributed by atoms with Crippen molar-refractivity contribution in [3.05, 3.63) is 0 Å². The summed E-state index contributed by atoms with van der Waals surface area (Å²) in [6.07, 6.45) is 4.26. The molecular weight excluding hydrogens is 204 g/mol. The van der Waals surface area contributed by atoms with E-state index in [0.717, 1.165) is 41.4 Å². The van der Waals surface area contributed by atoms with Gasteiger partial charge in [0.25, 0.3) is 0 Å². The Morgan fingerprint density at radius 2 is 1.12 bits per heavy atom. The van der Waals surface area contributed by atoms with Crippen LogP contribution in [0.3, 0.4) is 0 Å². The fraction of sp³-hybridized carbons (Fsp3) is 1.00. The minimum absolute atomic E-state index is 0.870. The summed E-state index contributed by atoms with van der Waals surface area (Å²) in [5.74, 6) is 6.26. The van der Waals surface area contributed by atoms with Gasteiger partial charge < -0.3 is 0 Å². The van der Waals surface area contributed by atoms with Gasteiger partial charge in [-0.1, -0.05) is 61.3 Å². The zero-order valence-electron chi connectivity index (χ0n) is 13.2. The summed E-state index contributed by atoms with van der Waals surface area (Å²) >= 11 is 0. The molecule has 0 aromatic carbocycles. The summed E-state index contributed by atoms with van der Waals surface area (Å²) in [5, 5.41) is 0. The average molecular weight is 238 g/mol. The molecule has 1 fully saturated rings. The van der Waals surface area contributed by atoms with Crippen LogP contribution < -0.4 is 0 Å². The molecule has 6 unspecified atom stereocenters. The van der Waals surface area contributed by atoms with Crippen molar-refractivity contribution in [1.82, 2.24) is 0 Å². The highest BCUT2D eigenvalue weighted by atomic mass is 14.4. The summed E-state index contributed by atoms with van der Waals surface area (Å²) < 4.78 is 0. The van der Waals surface area contributed by atoms with Crippen molar-refractivity contribution in [3.8, 4) is 0 Å². The van der Waals surface area contributed by atoms with Gasteiger partial charge in [-0.3, -0.25) is 0 Å². The van der Waals surface area contributed by atoms with Crippen LogP contribution in [-0.2, 0) is 0 Å². The Morgan fingerprint density at radius 1 is 0.647 bits per heavy atom. The van der Waals surface area contributed by atoms with Crippen LogP contribution in [0.2, 0.25) is 0 Å². The van der Waals surface area contributed by atoms with E-state index in [1.807, 2.05) is 0 Å². The smallest absolute Gasteiger partial charge is 0.0386 e. The van der Waals surface area contributed by atoms with Gasteiger partial charge in [0.05, 0.1) is 0 Å². The first-order valence-corrected chi connectivity index (χ1v) is 7.90. The highest BCUT2D eigenvalue weighted by Crippen LogP contribution is 2.42. The van der Waals surface area contributed by atoms with Crippen molar-refractivity contribution < 1.29 is 0 Å². The number of rotatable bonds is 1. The molecule has 0 amide bonds. The van der Waals surface area contributed by atoms with Gasteiger partial charge in [-0.05, 0) is 47.8 Å². The number of hydrogen-bond donors (Lipinski definition) is 0. The molecule has 0 aliphatic heterocycles. The zero-order valence-corrected chi connectivity index (χ0v) is 13.2. The molecule has 1 aliphatic carbocycles. The molecule has 102 valence electrons. The molecule has 0 saturated heterocycles. The van der Waals surface area contributed by atoms with E-state index in [-0.39, 0.29) is 0 Å². The topological polar surface area (TPSA) is 0 Å². The minimum atomic E-state index is 0.870. The predicted octanol–water partition coefficient (Wildman–Crippen LogP) is 5.62. The Bertz CT molecular complexity index is 218. The van der Waals surface area contributed by atoms with Gasteiger partial charge in [-0.25, -0.2) is 0 Å². The standard InChI is InChI=1S/C17H34/c1-8-17-10-9-11(2)12(3)13(4)14(5)15(6)16(17)7/h11-17H,8-10H2,1-7H3/t11?,12?,13?,14?,15?,16?,17-/m0/s1. The molecule has 0 radical (unpaired) electrons. The molecule has 0 heterocycles. The van der Waals surface area contributed by atoms with E-state index in [1.54, 1.807) is 0 Å². The van der Waals surface area contributed by atoms with Crippen molar-refractivity contribution in [2.24, 2.45) is 41.4 Å². The molecule has 1 aliphatic rings. The lowest BCUT2D eigenvalue weighted by molar-refractivity contribution is 0.133. The Balaban J connectivity index is 2.89. The van der Waals surface area contributed by atoms with Crippen LogP contribution in [0.5, 0.6) is 0 Å². The highest BCUT2D eigenvalue weighted by molar-refractivity contribution is 4.83. The maximum Gasteiger partial charge on any atom is -0.0386 e. The van der Waals surface area contributed by atoms with Crippen LogP contribution >= 0.6 is 0 Å². The molecule has 17 heavy (non-hydrogen) atoms.